The van der Waals surface area contributed by atoms with Crippen molar-refractivity contribution in [2.75, 3.05) is 17.9 Å². The van der Waals surface area contributed by atoms with Gasteiger partial charge in [0.05, 0.1) is 33.9 Å². The maximum atomic E-state index is 14.3. The van der Waals surface area contributed by atoms with Crippen molar-refractivity contribution in [3.8, 4) is 11.4 Å². The van der Waals surface area contributed by atoms with Crippen molar-refractivity contribution in [3.63, 3.8) is 0 Å². The number of oxazole rings is 1. The van der Waals surface area contributed by atoms with Gasteiger partial charge in [-0.1, -0.05) is 0 Å². The fourth-order valence-corrected chi connectivity index (χ4v) is 6.15. The lowest BCUT2D eigenvalue weighted by Gasteiger charge is -2.19. The molecule has 12 heteroatoms. The molecule has 0 saturated heterocycles. The van der Waals surface area contributed by atoms with Crippen LogP contribution in [0.25, 0.3) is 16.6 Å². The number of nitrogens with zero attached hydrogens (tertiary/aromatic N) is 3. The molecule has 4 aromatic rings. The third kappa shape index (κ3) is 3.80. The van der Waals surface area contributed by atoms with Crippen molar-refractivity contribution >= 4 is 51.6 Å². The first-order chi connectivity index (χ1) is 15.3. The number of halogens is 2. The van der Waals surface area contributed by atoms with Crippen molar-refractivity contribution in [1.82, 2.24) is 9.55 Å². The Balaban J connectivity index is 1.91. The highest BCUT2D eigenvalue weighted by Gasteiger charge is 2.27. The Morgan fingerprint density at radius 1 is 1.22 bits per heavy atom. The molecule has 0 bridgehead atoms. The first-order valence-corrected chi connectivity index (χ1v) is 12.8. The Bertz CT molecular complexity index is 1470. The van der Waals surface area contributed by atoms with Crippen LogP contribution < -0.4 is 14.4 Å². The molecule has 2 aromatic carbocycles. The Kier molecular flexibility index (Phi) is 6.07. The molecule has 4 rings (SSSR count). The van der Waals surface area contributed by atoms with E-state index >= 15 is 0 Å². The van der Waals surface area contributed by atoms with Crippen LogP contribution in [0, 0.1) is 5.82 Å². The number of ether oxygens (including phenoxy) is 1. The third-order valence-electron chi connectivity index (χ3n) is 4.66. The first-order valence-electron chi connectivity index (χ1n) is 9.09. The molecule has 32 heavy (non-hydrogen) atoms. The molecule has 0 amide bonds. The molecule has 0 fully saturated rings. The maximum Gasteiger partial charge on any atom is 0.314 e. The second kappa shape index (κ2) is 8.65. The Morgan fingerprint density at radius 3 is 2.66 bits per heavy atom. The van der Waals surface area contributed by atoms with E-state index in [0.29, 0.717) is 10.9 Å². The summed E-state index contributed by atoms with van der Waals surface area (Å²) in [6.07, 6.45) is 2.66. The molecule has 2 aromatic heterocycles. The first kappa shape index (κ1) is 22.4. The summed E-state index contributed by atoms with van der Waals surface area (Å²) in [4.78, 5) is 16.6. The SMILES string of the molecule is COc1cc(Br)c(F)cc1-n1c(=O)ccc2cc(S(=O)(=O)N(PC)c3ncco3)ccc21. The van der Waals surface area contributed by atoms with E-state index in [4.69, 9.17) is 9.15 Å². The largest absolute Gasteiger partial charge is 0.495 e. The minimum atomic E-state index is -3.97. The zero-order valence-corrected chi connectivity index (χ0v) is 20.1. The van der Waals surface area contributed by atoms with E-state index in [0.717, 1.165) is 4.08 Å². The van der Waals surface area contributed by atoms with Gasteiger partial charge >= 0.3 is 6.01 Å². The Hall–Kier alpha value is -2.75. The van der Waals surface area contributed by atoms with E-state index in [-0.39, 0.29) is 35.6 Å². The quantitative estimate of drug-likeness (QED) is 0.339. The summed E-state index contributed by atoms with van der Waals surface area (Å²) >= 11 is 3.10. The Labute approximate surface area is 192 Å². The van der Waals surface area contributed by atoms with Crippen LogP contribution in [0.1, 0.15) is 0 Å². The number of pyridine rings is 1. The Morgan fingerprint density at radius 2 is 2.00 bits per heavy atom. The summed E-state index contributed by atoms with van der Waals surface area (Å²) in [5, 5.41) is 0.461. The number of hydrogen-bond donors (Lipinski definition) is 0. The number of fused-ring (bicyclic) bond motifs is 1. The number of sulfonamides is 1. The lowest BCUT2D eigenvalue weighted by molar-refractivity contribution is 0.411. The van der Waals surface area contributed by atoms with Gasteiger partial charge in [0.15, 0.2) is 0 Å². The van der Waals surface area contributed by atoms with Crippen LogP contribution in [0.2, 0.25) is 0 Å². The van der Waals surface area contributed by atoms with Crippen LogP contribution in [-0.4, -0.2) is 31.7 Å². The van der Waals surface area contributed by atoms with E-state index in [9.17, 15) is 17.6 Å². The van der Waals surface area contributed by atoms with E-state index in [1.54, 1.807) is 6.66 Å². The summed E-state index contributed by atoms with van der Waals surface area (Å²) in [6.45, 7) is 1.69. The standard InChI is InChI=1S/C20H16BrFN3O5PS/c1-29-18-10-14(21)15(22)11-17(18)24-16-5-4-13(9-12(16)3-6-19(24)26)32(27,28)25(31-2)20-23-7-8-30-20/h3-11,31H,1-2H3. The van der Waals surface area contributed by atoms with Crippen molar-refractivity contribution < 1.29 is 22.0 Å². The normalized spacial score (nSPS) is 12.0. The number of rotatable bonds is 6. The highest BCUT2D eigenvalue weighted by molar-refractivity contribution is 9.10. The van der Waals surface area contributed by atoms with Crippen LogP contribution in [0.5, 0.6) is 5.75 Å². The predicted molar refractivity (Wildman–Crippen MR) is 124 cm³/mol. The second-order valence-electron chi connectivity index (χ2n) is 6.47. The van der Waals surface area contributed by atoms with Crippen LogP contribution in [0.3, 0.4) is 0 Å². The van der Waals surface area contributed by atoms with Gasteiger partial charge < -0.3 is 9.15 Å². The van der Waals surface area contributed by atoms with Gasteiger partial charge in [-0.3, -0.25) is 9.36 Å². The molecule has 0 spiro atoms. The number of hydrogen-bond acceptors (Lipinski definition) is 6. The molecule has 0 radical (unpaired) electrons. The molecule has 0 aliphatic rings. The third-order valence-corrected chi connectivity index (χ3v) is 8.62. The van der Waals surface area contributed by atoms with Gasteiger partial charge in [-0.05, 0) is 61.7 Å². The lowest BCUT2D eigenvalue weighted by atomic mass is 10.2. The van der Waals surface area contributed by atoms with Gasteiger partial charge in [0, 0.05) is 17.5 Å². The minimum Gasteiger partial charge on any atom is -0.495 e. The number of benzene rings is 2. The number of anilines is 1. The summed E-state index contributed by atoms with van der Waals surface area (Å²) in [5.41, 5.74) is 0.151. The molecule has 1 atom stereocenters. The fourth-order valence-electron chi connectivity index (χ4n) is 3.23. The maximum absolute atomic E-state index is 14.3. The van der Waals surface area contributed by atoms with Crippen LogP contribution >= 0.6 is 24.7 Å². The molecular weight excluding hydrogens is 524 g/mol. The van der Waals surface area contributed by atoms with Gasteiger partial charge in [-0.2, -0.15) is 0 Å². The van der Waals surface area contributed by atoms with Crippen LogP contribution in [0.4, 0.5) is 10.4 Å². The van der Waals surface area contributed by atoms with Gasteiger partial charge in [-0.25, -0.2) is 21.9 Å². The second-order valence-corrected chi connectivity index (χ2v) is 10.3. The molecule has 0 N–H and O–H groups in total. The molecule has 0 saturated carbocycles. The van der Waals surface area contributed by atoms with E-state index in [1.807, 2.05) is 0 Å². The van der Waals surface area contributed by atoms with Crippen molar-refractivity contribution in [2.45, 2.75) is 4.90 Å². The van der Waals surface area contributed by atoms with E-state index in [1.165, 1.54) is 66.6 Å². The monoisotopic (exact) mass is 539 g/mol. The zero-order chi connectivity index (χ0) is 23.0. The fraction of sp³-hybridized carbons (Fsp3) is 0.100. The average molecular weight is 540 g/mol. The van der Waals surface area contributed by atoms with Crippen molar-refractivity contribution in [1.29, 1.82) is 0 Å². The van der Waals surface area contributed by atoms with Gasteiger partial charge in [0.25, 0.3) is 15.6 Å². The molecule has 0 aliphatic carbocycles. The molecule has 1 unspecified atom stereocenters. The smallest absolute Gasteiger partial charge is 0.314 e. The van der Waals surface area contributed by atoms with Crippen LogP contribution in [0.15, 0.2) is 73.5 Å². The molecule has 2 heterocycles. The summed E-state index contributed by atoms with van der Waals surface area (Å²) in [6, 6.07) is 9.68. The van der Waals surface area contributed by atoms with Crippen molar-refractivity contribution in [3.05, 3.63) is 75.6 Å². The predicted octanol–water partition coefficient (Wildman–Crippen LogP) is 4.31. The topological polar surface area (TPSA) is 94.6 Å². The summed E-state index contributed by atoms with van der Waals surface area (Å²) < 4.78 is 53.7. The van der Waals surface area contributed by atoms with Gasteiger partial charge in [-0.15, -0.1) is 0 Å². The van der Waals surface area contributed by atoms with E-state index in [2.05, 4.69) is 20.9 Å². The molecular formula is C20H16BrFN3O5PS. The average Bonchev–Trinajstić information content (AvgIpc) is 3.29. The zero-order valence-electron chi connectivity index (χ0n) is 16.7. The lowest BCUT2D eigenvalue weighted by Crippen LogP contribution is -2.23. The highest BCUT2D eigenvalue weighted by atomic mass is 79.9. The van der Waals surface area contributed by atoms with Crippen molar-refractivity contribution in [2.24, 2.45) is 0 Å². The number of aromatic nitrogens is 2. The van der Waals surface area contributed by atoms with Gasteiger partial charge in [0.1, 0.15) is 17.8 Å². The molecule has 0 aliphatic heterocycles. The van der Waals surface area contributed by atoms with Gasteiger partial charge in [0.2, 0.25) is 0 Å². The van der Waals surface area contributed by atoms with E-state index < -0.39 is 21.4 Å². The summed E-state index contributed by atoms with van der Waals surface area (Å²) in [7, 11) is -2.72. The number of methoxy groups -OCH3 is 1. The summed E-state index contributed by atoms with van der Waals surface area (Å²) in [5.74, 6) is -0.304. The molecule has 8 nitrogen and oxygen atoms in total. The minimum absolute atomic E-state index is 0.00305. The van der Waals surface area contributed by atoms with Crippen LogP contribution in [-0.2, 0) is 10.0 Å². The molecule has 166 valence electrons. The highest BCUT2D eigenvalue weighted by Crippen LogP contribution is 2.34.